The lowest BCUT2D eigenvalue weighted by atomic mass is 9.99. The predicted octanol–water partition coefficient (Wildman–Crippen LogP) is 6.38. The molecule has 1 amide bonds. The zero-order valence-corrected chi connectivity index (χ0v) is 23.9. The van der Waals surface area contributed by atoms with Gasteiger partial charge < -0.3 is 18.6 Å². The largest absolute Gasteiger partial charge is 0.460 e. The number of hydrogen-bond donors (Lipinski definition) is 0. The average molecular weight is 531 g/mol. The first kappa shape index (κ1) is 30.8. The van der Waals surface area contributed by atoms with Crippen LogP contribution in [-0.4, -0.2) is 58.8 Å². The van der Waals surface area contributed by atoms with Crippen molar-refractivity contribution >= 4 is 28.8 Å². The lowest BCUT2D eigenvalue weighted by Gasteiger charge is -2.36. The minimum atomic E-state index is -0.660. The fraction of sp³-hybridized carbons (Fsp3) is 0.571. The molecule has 0 bridgehead atoms. The molecule has 0 aliphatic carbocycles. The minimum Gasteiger partial charge on any atom is -0.460 e. The van der Waals surface area contributed by atoms with Gasteiger partial charge in [-0.25, -0.2) is 14.6 Å². The number of esters is 1. The summed E-state index contributed by atoms with van der Waals surface area (Å²) in [7, 11) is 1.83. The summed E-state index contributed by atoms with van der Waals surface area (Å²) in [5, 5.41) is 4.75. The van der Waals surface area contributed by atoms with Crippen LogP contribution in [-0.2, 0) is 21.3 Å². The second kappa shape index (κ2) is 15.1. The first-order valence-corrected chi connectivity index (χ1v) is 13.6. The molecule has 3 aromatic heterocycles. The molecule has 1 fully saturated rings. The van der Waals surface area contributed by atoms with Crippen LogP contribution in [0.3, 0.4) is 0 Å². The number of hydrogen-bond acceptors (Lipinski definition) is 8. The number of aryl methyl sites for hydroxylation is 1. The van der Waals surface area contributed by atoms with Gasteiger partial charge in [0.25, 0.3) is 0 Å². The fourth-order valence-electron chi connectivity index (χ4n) is 4.27. The number of ether oxygens (including phenoxy) is 3. The maximum Gasteiger partial charge on any atom is 0.414 e. The molecule has 1 aliphatic rings. The number of fused-ring (bicyclic) bond motifs is 1. The number of carbonyl (C=O) groups excluding carboxylic acids is 2. The highest BCUT2D eigenvalue weighted by Gasteiger charge is 2.38. The monoisotopic (exact) mass is 530 g/mol. The number of pyridine rings is 1. The van der Waals surface area contributed by atoms with E-state index in [0.29, 0.717) is 30.5 Å². The highest BCUT2D eigenvalue weighted by atomic mass is 16.6. The molecule has 0 spiro atoms. The minimum absolute atomic E-state index is 0.00367. The topological polar surface area (TPSA) is 109 Å². The van der Waals surface area contributed by atoms with Crippen molar-refractivity contribution in [2.24, 2.45) is 7.05 Å². The van der Waals surface area contributed by atoms with Gasteiger partial charge in [-0.05, 0) is 39.2 Å². The highest BCUT2D eigenvalue weighted by molar-refractivity contribution is 6.09. The third-order valence-electron chi connectivity index (χ3n) is 5.88. The summed E-state index contributed by atoms with van der Waals surface area (Å²) in [6.45, 7) is 14.4. The van der Waals surface area contributed by atoms with Crippen LogP contribution in [0.5, 0.6) is 0 Å². The van der Waals surface area contributed by atoms with E-state index < -0.39 is 12.1 Å². The molecule has 3 aromatic rings. The van der Waals surface area contributed by atoms with E-state index in [-0.39, 0.29) is 36.8 Å². The Labute approximate surface area is 225 Å². The van der Waals surface area contributed by atoms with Crippen molar-refractivity contribution in [3.8, 4) is 11.1 Å². The Morgan fingerprint density at radius 3 is 2.39 bits per heavy atom. The van der Waals surface area contributed by atoms with Crippen LogP contribution < -0.4 is 4.90 Å². The van der Waals surface area contributed by atoms with Gasteiger partial charge in [-0.3, -0.25) is 9.58 Å². The molecule has 4 rings (SSSR count). The summed E-state index contributed by atoms with van der Waals surface area (Å²) >= 11 is 0. The van der Waals surface area contributed by atoms with E-state index in [0.717, 1.165) is 17.5 Å². The van der Waals surface area contributed by atoms with Crippen LogP contribution in [0.25, 0.3) is 22.2 Å². The van der Waals surface area contributed by atoms with Crippen molar-refractivity contribution in [2.75, 3.05) is 24.7 Å². The van der Waals surface area contributed by atoms with Crippen molar-refractivity contribution in [2.45, 2.75) is 79.9 Å². The summed E-state index contributed by atoms with van der Waals surface area (Å²) in [5.74, 6) is -0.730. The van der Waals surface area contributed by atoms with Gasteiger partial charge in [-0.2, -0.15) is 5.10 Å². The van der Waals surface area contributed by atoms with E-state index in [1.165, 1.54) is 4.90 Å². The summed E-state index contributed by atoms with van der Waals surface area (Å²) < 4.78 is 24.1. The van der Waals surface area contributed by atoms with Crippen molar-refractivity contribution in [3.63, 3.8) is 0 Å². The number of rotatable bonds is 7. The van der Waals surface area contributed by atoms with Gasteiger partial charge >= 0.3 is 12.1 Å². The van der Waals surface area contributed by atoms with Gasteiger partial charge in [0.05, 0.1) is 30.9 Å². The summed E-state index contributed by atoms with van der Waals surface area (Å²) in [5.41, 5.74) is 2.17. The van der Waals surface area contributed by atoms with E-state index in [1.54, 1.807) is 30.9 Å². The van der Waals surface area contributed by atoms with Crippen LogP contribution in [0.4, 0.5) is 10.5 Å². The quantitative estimate of drug-likeness (QED) is 0.324. The molecule has 10 heteroatoms. The second-order valence-electron chi connectivity index (χ2n) is 8.13. The van der Waals surface area contributed by atoms with Gasteiger partial charge in [0, 0.05) is 43.2 Å². The van der Waals surface area contributed by atoms with Gasteiger partial charge in [-0.1, -0.05) is 34.6 Å². The summed E-state index contributed by atoms with van der Waals surface area (Å²) in [6.07, 6.45) is 6.72. The van der Waals surface area contributed by atoms with Crippen molar-refractivity contribution < 1.29 is 28.2 Å². The number of furan rings is 1. The number of aromatic nitrogens is 3. The van der Waals surface area contributed by atoms with E-state index in [4.69, 9.17) is 18.6 Å². The lowest BCUT2D eigenvalue weighted by Crippen LogP contribution is -2.46. The van der Waals surface area contributed by atoms with Crippen LogP contribution in [0.2, 0.25) is 0 Å². The smallest absolute Gasteiger partial charge is 0.414 e. The standard InChI is InChI=1S/C24H30N4O6.2C2H6/c1-5-18-11-17(8-9-33-18)28(24(30)32-7-3)20-19-10-15(16-13-26-27(4)14-16)12-25-22(19)34-21(20)23(29)31-6-2;2*1-2/h10,12-14,17-18H,5-9,11H2,1-4H3;2*1-2H3. The predicted molar refractivity (Wildman–Crippen MR) is 147 cm³/mol. The van der Waals surface area contributed by atoms with E-state index in [2.05, 4.69) is 10.1 Å². The molecule has 1 aliphatic heterocycles. The van der Waals surface area contributed by atoms with Crippen LogP contribution in [0.15, 0.2) is 29.1 Å². The Morgan fingerprint density at radius 2 is 1.79 bits per heavy atom. The Bertz CT molecular complexity index is 1170. The Hall–Kier alpha value is -3.40. The summed E-state index contributed by atoms with van der Waals surface area (Å²) in [6, 6.07) is 1.61. The van der Waals surface area contributed by atoms with Crippen molar-refractivity contribution in [1.29, 1.82) is 0 Å². The SMILES string of the molecule is CC.CC.CCOC(=O)c1oc2ncc(-c3cnn(C)c3)cc2c1N(C(=O)OCC)C1CCOC(CC)C1. The third kappa shape index (κ3) is 6.92. The number of carbonyl (C=O) groups is 2. The van der Waals surface area contributed by atoms with Gasteiger partial charge in [-0.15, -0.1) is 0 Å². The Balaban J connectivity index is 0.00000121. The molecule has 210 valence electrons. The van der Waals surface area contributed by atoms with E-state index >= 15 is 0 Å². The molecular formula is C28H42N4O6. The van der Waals surface area contributed by atoms with E-state index in [9.17, 15) is 9.59 Å². The molecular weight excluding hydrogens is 488 g/mol. The third-order valence-corrected chi connectivity index (χ3v) is 5.88. The van der Waals surface area contributed by atoms with Crippen molar-refractivity contribution in [1.82, 2.24) is 14.8 Å². The zero-order chi connectivity index (χ0) is 28.2. The van der Waals surface area contributed by atoms with Crippen molar-refractivity contribution in [3.05, 3.63) is 30.4 Å². The average Bonchev–Trinajstić information content (AvgIpc) is 3.55. The first-order valence-electron chi connectivity index (χ1n) is 13.6. The van der Waals surface area contributed by atoms with Crippen LogP contribution >= 0.6 is 0 Å². The number of anilines is 1. The fourth-order valence-corrected chi connectivity index (χ4v) is 4.27. The summed E-state index contributed by atoms with van der Waals surface area (Å²) in [4.78, 5) is 32.2. The lowest BCUT2D eigenvalue weighted by molar-refractivity contribution is 0.00465. The maximum atomic E-state index is 13.3. The Kier molecular flexibility index (Phi) is 12.3. The Morgan fingerprint density at radius 1 is 1.08 bits per heavy atom. The molecule has 0 aromatic carbocycles. The second-order valence-corrected chi connectivity index (χ2v) is 8.13. The first-order chi connectivity index (χ1) is 18.5. The number of nitrogens with zero attached hydrogens (tertiary/aromatic N) is 4. The molecule has 1 saturated heterocycles. The van der Waals surface area contributed by atoms with Crippen LogP contribution in [0.1, 0.15) is 78.3 Å². The molecule has 0 N–H and O–H groups in total. The zero-order valence-electron chi connectivity index (χ0n) is 23.9. The maximum absolute atomic E-state index is 13.3. The number of amides is 1. The van der Waals surface area contributed by atoms with Gasteiger partial charge in [0.1, 0.15) is 5.69 Å². The van der Waals surface area contributed by atoms with Gasteiger partial charge in [0.15, 0.2) is 0 Å². The molecule has 0 radical (unpaired) electrons. The molecule has 38 heavy (non-hydrogen) atoms. The van der Waals surface area contributed by atoms with E-state index in [1.807, 2.05) is 53.9 Å². The highest BCUT2D eigenvalue weighted by Crippen LogP contribution is 2.39. The molecule has 10 nitrogen and oxygen atoms in total. The van der Waals surface area contributed by atoms with Gasteiger partial charge in [0.2, 0.25) is 11.5 Å². The molecule has 4 heterocycles. The molecule has 2 unspecified atom stereocenters. The molecule has 2 atom stereocenters. The van der Waals surface area contributed by atoms with Crippen LogP contribution in [0, 0.1) is 0 Å². The molecule has 0 saturated carbocycles. The normalized spacial score (nSPS) is 16.5.